The summed E-state index contributed by atoms with van der Waals surface area (Å²) in [5.41, 5.74) is 0. The molecule has 1 unspecified atom stereocenters. The van der Waals surface area contributed by atoms with Crippen LogP contribution in [0.25, 0.3) is 0 Å². The zero-order valence-electron chi connectivity index (χ0n) is 11.4. The number of nitrogens with zero attached hydrogens (tertiary/aromatic N) is 2. The Morgan fingerprint density at radius 3 is 2.53 bits per heavy atom. The zero-order chi connectivity index (χ0) is 13.0. The van der Waals surface area contributed by atoms with Crippen molar-refractivity contribution in [1.82, 2.24) is 9.78 Å². The smallest absolute Gasteiger partial charge is 0.225 e. The van der Waals surface area contributed by atoms with E-state index in [0.29, 0.717) is 18.3 Å². The van der Waals surface area contributed by atoms with Gasteiger partial charge in [-0.1, -0.05) is 20.8 Å². The van der Waals surface area contributed by atoms with E-state index < -0.39 is 0 Å². The lowest BCUT2D eigenvalue weighted by atomic mass is 9.94. The number of carbonyl (C=O) groups excluding carboxylic acids is 1. The van der Waals surface area contributed by atoms with Gasteiger partial charge in [0.25, 0.3) is 0 Å². The Hall–Kier alpha value is -1.32. The molecule has 17 heavy (non-hydrogen) atoms. The minimum Gasteiger partial charge on any atom is -0.311 e. The third-order valence-corrected chi connectivity index (χ3v) is 3.07. The highest BCUT2D eigenvalue weighted by molar-refractivity contribution is 5.89. The topological polar surface area (TPSA) is 46.9 Å². The molecule has 1 N–H and O–H groups in total. The Labute approximate surface area is 103 Å². The number of rotatable bonds is 5. The normalized spacial score (nSPS) is 13.1. The van der Waals surface area contributed by atoms with E-state index in [1.165, 1.54) is 0 Å². The SMILES string of the molecule is CC(C)C(C)CC(=O)Nc1ccnn1C(C)C. The molecule has 4 heteroatoms. The molecule has 0 saturated heterocycles. The van der Waals surface area contributed by atoms with Crippen molar-refractivity contribution in [2.24, 2.45) is 11.8 Å². The van der Waals surface area contributed by atoms with Gasteiger partial charge in [-0.2, -0.15) is 5.10 Å². The molecule has 1 aromatic rings. The van der Waals surface area contributed by atoms with Gasteiger partial charge in [0.1, 0.15) is 5.82 Å². The van der Waals surface area contributed by atoms with Crippen molar-refractivity contribution in [1.29, 1.82) is 0 Å². The summed E-state index contributed by atoms with van der Waals surface area (Å²) < 4.78 is 1.82. The van der Waals surface area contributed by atoms with Crippen LogP contribution in [0.1, 0.15) is 47.1 Å². The van der Waals surface area contributed by atoms with E-state index in [9.17, 15) is 4.79 Å². The summed E-state index contributed by atoms with van der Waals surface area (Å²) in [4.78, 5) is 11.8. The lowest BCUT2D eigenvalue weighted by Crippen LogP contribution is -2.20. The monoisotopic (exact) mass is 237 g/mol. The van der Waals surface area contributed by atoms with Crippen LogP contribution in [0.5, 0.6) is 0 Å². The van der Waals surface area contributed by atoms with E-state index in [4.69, 9.17) is 0 Å². The van der Waals surface area contributed by atoms with Gasteiger partial charge < -0.3 is 5.32 Å². The number of nitrogens with one attached hydrogen (secondary N) is 1. The molecule has 1 heterocycles. The molecule has 4 nitrogen and oxygen atoms in total. The van der Waals surface area contributed by atoms with E-state index >= 15 is 0 Å². The molecule has 96 valence electrons. The highest BCUT2D eigenvalue weighted by Gasteiger charge is 2.14. The van der Waals surface area contributed by atoms with Gasteiger partial charge in [0.05, 0.1) is 6.20 Å². The summed E-state index contributed by atoms with van der Waals surface area (Å²) in [6.45, 7) is 10.5. The minimum absolute atomic E-state index is 0.0635. The number of anilines is 1. The molecule has 1 rings (SSSR count). The van der Waals surface area contributed by atoms with E-state index in [2.05, 4.69) is 31.2 Å². The van der Waals surface area contributed by atoms with Crippen molar-refractivity contribution >= 4 is 11.7 Å². The van der Waals surface area contributed by atoms with Crippen molar-refractivity contribution < 1.29 is 4.79 Å². The third-order valence-electron chi connectivity index (χ3n) is 3.07. The molecule has 1 amide bonds. The van der Waals surface area contributed by atoms with Gasteiger partial charge in [0, 0.05) is 18.5 Å². The molecule has 1 aromatic heterocycles. The number of amides is 1. The number of aromatic nitrogens is 2. The second-order valence-corrected chi connectivity index (χ2v) is 5.23. The predicted molar refractivity (Wildman–Crippen MR) is 69.9 cm³/mol. The summed E-state index contributed by atoms with van der Waals surface area (Å²) in [6.07, 6.45) is 2.27. The summed E-state index contributed by atoms with van der Waals surface area (Å²) in [7, 11) is 0. The molecular weight excluding hydrogens is 214 g/mol. The molecule has 0 aliphatic carbocycles. The maximum atomic E-state index is 11.8. The first-order valence-electron chi connectivity index (χ1n) is 6.25. The van der Waals surface area contributed by atoms with E-state index in [1.54, 1.807) is 6.20 Å². The standard InChI is InChI=1S/C13H23N3O/c1-9(2)11(5)8-13(17)15-12-6-7-14-16(12)10(3)4/h6-7,9-11H,8H2,1-5H3,(H,15,17). The fourth-order valence-electron chi connectivity index (χ4n) is 1.55. The molecular formula is C13H23N3O. The van der Waals surface area contributed by atoms with Crippen molar-refractivity contribution in [2.45, 2.75) is 47.1 Å². The second kappa shape index (κ2) is 5.84. The first-order chi connectivity index (χ1) is 7.91. The fourth-order valence-corrected chi connectivity index (χ4v) is 1.55. The van der Waals surface area contributed by atoms with Crippen LogP contribution in [0.3, 0.4) is 0 Å². The Morgan fingerprint density at radius 1 is 1.35 bits per heavy atom. The van der Waals surface area contributed by atoms with Gasteiger partial charge in [0.2, 0.25) is 5.91 Å². The number of hydrogen-bond donors (Lipinski definition) is 1. The van der Waals surface area contributed by atoms with Gasteiger partial charge >= 0.3 is 0 Å². The summed E-state index contributed by atoms with van der Waals surface area (Å²) in [6, 6.07) is 2.08. The van der Waals surface area contributed by atoms with Crippen molar-refractivity contribution in [3.05, 3.63) is 12.3 Å². The van der Waals surface area contributed by atoms with Gasteiger partial charge in [0.15, 0.2) is 0 Å². The third kappa shape index (κ3) is 3.88. The average Bonchev–Trinajstić information content (AvgIpc) is 2.65. The maximum absolute atomic E-state index is 11.8. The molecule has 0 aromatic carbocycles. The largest absolute Gasteiger partial charge is 0.311 e. The minimum atomic E-state index is 0.0635. The molecule has 0 spiro atoms. The highest BCUT2D eigenvalue weighted by atomic mass is 16.1. The average molecular weight is 237 g/mol. The molecule has 0 radical (unpaired) electrons. The molecule has 0 fully saturated rings. The summed E-state index contributed by atoms with van der Waals surface area (Å²) in [5.74, 6) is 1.76. The van der Waals surface area contributed by atoms with E-state index in [1.807, 2.05) is 24.6 Å². The van der Waals surface area contributed by atoms with Crippen LogP contribution in [0.2, 0.25) is 0 Å². The van der Waals surface area contributed by atoms with Crippen LogP contribution in [-0.2, 0) is 4.79 Å². The highest BCUT2D eigenvalue weighted by Crippen LogP contribution is 2.17. The van der Waals surface area contributed by atoms with Gasteiger partial charge in [-0.25, -0.2) is 4.68 Å². The lowest BCUT2D eigenvalue weighted by molar-refractivity contribution is -0.117. The molecule has 0 saturated carbocycles. The summed E-state index contributed by atoms with van der Waals surface area (Å²) >= 11 is 0. The van der Waals surface area contributed by atoms with E-state index in [-0.39, 0.29) is 11.9 Å². The Kier molecular flexibility index (Phi) is 4.73. The molecule has 0 bridgehead atoms. The Balaban J connectivity index is 2.59. The predicted octanol–water partition coefficient (Wildman–Crippen LogP) is 3.08. The maximum Gasteiger partial charge on any atom is 0.225 e. The number of carbonyl (C=O) groups is 1. The van der Waals surface area contributed by atoms with Gasteiger partial charge in [-0.15, -0.1) is 0 Å². The van der Waals surface area contributed by atoms with Crippen LogP contribution in [0.15, 0.2) is 12.3 Å². The van der Waals surface area contributed by atoms with Crippen LogP contribution in [0.4, 0.5) is 5.82 Å². The van der Waals surface area contributed by atoms with Crippen LogP contribution >= 0.6 is 0 Å². The van der Waals surface area contributed by atoms with Crippen molar-refractivity contribution in [3.8, 4) is 0 Å². The van der Waals surface area contributed by atoms with E-state index in [0.717, 1.165) is 5.82 Å². The fraction of sp³-hybridized carbons (Fsp3) is 0.692. The second-order valence-electron chi connectivity index (χ2n) is 5.23. The van der Waals surface area contributed by atoms with Crippen LogP contribution < -0.4 is 5.32 Å². The number of hydrogen-bond acceptors (Lipinski definition) is 2. The molecule has 1 atom stereocenters. The molecule has 0 aliphatic heterocycles. The van der Waals surface area contributed by atoms with Gasteiger partial charge in [-0.3, -0.25) is 4.79 Å². The first kappa shape index (κ1) is 13.7. The first-order valence-corrected chi connectivity index (χ1v) is 6.25. The van der Waals surface area contributed by atoms with Crippen LogP contribution in [-0.4, -0.2) is 15.7 Å². The van der Waals surface area contributed by atoms with Gasteiger partial charge in [-0.05, 0) is 25.7 Å². The summed E-state index contributed by atoms with van der Waals surface area (Å²) in [5, 5.41) is 7.10. The zero-order valence-corrected chi connectivity index (χ0v) is 11.4. The Morgan fingerprint density at radius 2 is 2.00 bits per heavy atom. The van der Waals surface area contributed by atoms with Crippen LogP contribution in [0, 0.1) is 11.8 Å². The Bertz CT molecular complexity index is 368. The van der Waals surface area contributed by atoms with Crippen molar-refractivity contribution in [2.75, 3.05) is 5.32 Å². The van der Waals surface area contributed by atoms with Crippen molar-refractivity contribution in [3.63, 3.8) is 0 Å². The molecule has 0 aliphatic rings. The quantitative estimate of drug-likeness (QED) is 0.855. The lowest BCUT2D eigenvalue weighted by Gasteiger charge is -2.16.